The van der Waals surface area contributed by atoms with Gasteiger partial charge in [0.05, 0.1) is 6.54 Å². The molecule has 0 spiro atoms. The Morgan fingerprint density at radius 1 is 1.40 bits per heavy atom. The van der Waals surface area contributed by atoms with E-state index in [-0.39, 0.29) is 6.54 Å². The normalized spacial score (nSPS) is 10.7. The zero-order valence-electron chi connectivity index (χ0n) is 8.33. The molecule has 6 heteroatoms. The SMILES string of the molecule is Cc1cnc(N(CCBr)CC(F)F)nc1. The quantitative estimate of drug-likeness (QED) is 0.775. The lowest BCUT2D eigenvalue weighted by Gasteiger charge is -2.20. The van der Waals surface area contributed by atoms with Crippen LogP contribution in [0.3, 0.4) is 0 Å². The van der Waals surface area contributed by atoms with Crippen molar-refractivity contribution in [1.29, 1.82) is 0 Å². The smallest absolute Gasteiger partial charge is 0.255 e. The van der Waals surface area contributed by atoms with Crippen LogP contribution in [0.5, 0.6) is 0 Å². The van der Waals surface area contributed by atoms with Crippen molar-refractivity contribution < 1.29 is 8.78 Å². The van der Waals surface area contributed by atoms with Crippen LogP contribution in [0, 0.1) is 6.92 Å². The summed E-state index contributed by atoms with van der Waals surface area (Å²) in [5, 5.41) is 0.608. The third-order valence-corrected chi connectivity index (χ3v) is 2.12. The minimum absolute atomic E-state index is 0.339. The topological polar surface area (TPSA) is 29.0 Å². The second kappa shape index (κ2) is 5.95. The molecule has 0 aromatic carbocycles. The summed E-state index contributed by atoms with van der Waals surface area (Å²) in [6, 6.07) is 0. The van der Waals surface area contributed by atoms with Crippen LogP contribution in [0.25, 0.3) is 0 Å². The maximum absolute atomic E-state index is 12.3. The average Bonchev–Trinajstić information content (AvgIpc) is 2.17. The number of hydrogen-bond acceptors (Lipinski definition) is 3. The molecule has 84 valence electrons. The van der Waals surface area contributed by atoms with Crippen molar-refractivity contribution in [3.8, 4) is 0 Å². The lowest BCUT2D eigenvalue weighted by atomic mass is 10.4. The van der Waals surface area contributed by atoms with E-state index in [0.29, 0.717) is 17.8 Å². The third-order valence-electron chi connectivity index (χ3n) is 1.76. The highest BCUT2D eigenvalue weighted by atomic mass is 79.9. The van der Waals surface area contributed by atoms with Crippen LogP contribution < -0.4 is 4.90 Å². The first-order valence-electron chi connectivity index (χ1n) is 4.51. The van der Waals surface area contributed by atoms with Crippen molar-refractivity contribution in [2.45, 2.75) is 13.3 Å². The van der Waals surface area contributed by atoms with E-state index >= 15 is 0 Å². The van der Waals surface area contributed by atoms with Crippen LogP contribution in [0.15, 0.2) is 12.4 Å². The number of aryl methyl sites for hydroxylation is 1. The van der Waals surface area contributed by atoms with Gasteiger partial charge in [0.2, 0.25) is 5.95 Å². The van der Waals surface area contributed by atoms with Gasteiger partial charge in [0.25, 0.3) is 6.43 Å². The average molecular weight is 280 g/mol. The van der Waals surface area contributed by atoms with Crippen molar-refractivity contribution in [3.63, 3.8) is 0 Å². The van der Waals surface area contributed by atoms with E-state index in [9.17, 15) is 8.78 Å². The van der Waals surface area contributed by atoms with Crippen LogP contribution >= 0.6 is 15.9 Å². The lowest BCUT2D eigenvalue weighted by Crippen LogP contribution is -2.32. The van der Waals surface area contributed by atoms with E-state index in [0.717, 1.165) is 5.56 Å². The fraction of sp³-hybridized carbons (Fsp3) is 0.556. The van der Waals surface area contributed by atoms with Gasteiger partial charge in [-0.15, -0.1) is 0 Å². The molecular formula is C9H12BrF2N3. The Morgan fingerprint density at radius 3 is 2.47 bits per heavy atom. The first-order valence-corrected chi connectivity index (χ1v) is 5.63. The summed E-state index contributed by atoms with van der Waals surface area (Å²) >= 11 is 3.21. The van der Waals surface area contributed by atoms with Gasteiger partial charge < -0.3 is 4.90 Å². The predicted molar refractivity (Wildman–Crippen MR) is 58.8 cm³/mol. The molecule has 1 aromatic heterocycles. The van der Waals surface area contributed by atoms with Gasteiger partial charge in [-0.2, -0.15) is 0 Å². The van der Waals surface area contributed by atoms with E-state index < -0.39 is 6.43 Å². The van der Waals surface area contributed by atoms with E-state index in [1.807, 2.05) is 6.92 Å². The largest absolute Gasteiger partial charge is 0.334 e. The molecule has 0 amide bonds. The summed E-state index contributed by atoms with van der Waals surface area (Å²) in [5.74, 6) is 0.348. The van der Waals surface area contributed by atoms with Gasteiger partial charge >= 0.3 is 0 Å². The van der Waals surface area contributed by atoms with Gasteiger partial charge in [0, 0.05) is 24.3 Å². The van der Waals surface area contributed by atoms with Crippen molar-refractivity contribution in [1.82, 2.24) is 9.97 Å². The molecule has 1 aromatic rings. The summed E-state index contributed by atoms with van der Waals surface area (Å²) in [6.07, 6.45) is 0.860. The Labute approximate surface area is 95.7 Å². The van der Waals surface area contributed by atoms with Crippen molar-refractivity contribution in [3.05, 3.63) is 18.0 Å². The van der Waals surface area contributed by atoms with Crippen molar-refractivity contribution in [2.75, 3.05) is 23.3 Å². The van der Waals surface area contributed by atoms with Crippen LogP contribution in [0.2, 0.25) is 0 Å². The Bertz CT molecular complexity index is 292. The number of aromatic nitrogens is 2. The van der Waals surface area contributed by atoms with Gasteiger partial charge in [-0.05, 0) is 12.5 Å². The standard InChI is InChI=1S/C9H12BrF2N3/c1-7-4-13-9(14-5-7)15(3-2-10)6-8(11)12/h4-5,8H,2-3,6H2,1H3. The van der Waals surface area contributed by atoms with E-state index in [1.54, 1.807) is 12.4 Å². The molecule has 1 heterocycles. The summed E-state index contributed by atoms with van der Waals surface area (Å²) < 4.78 is 24.5. The van der Waals surface area contributed by atoms with Crippen molar-refractivity contribution in [2.24, 2.45) is 0 Å². The zero-order valence-corrected chi connectivity index (χ0v) is 9.91. The maximum Gasteiger partial charge on any atom is 0.255 e. The lowest BCUT2D eigenvalue weighted by molar-refractivity contribution is 0.155. The molecule has 0 aliphatic carbocycles. The molecular weight excluding hydrogens is 268 g/mol. The molecule has 15 heavy (non-hydrogen) atoms. The van der Waals surface area contributed by atoms with E-state index in [2.05, 4.69) is 25.9 Å². The highest BCUT2D eigenvalue weighted by molar-refractivity contribution is 9.09. The fourth-order valence-electron chi connectivity index (χ4n) is 1.09. The highest BCUT2D eigenvalue weighted by Crippen LogP contribution is 2.09. The zero-order chi connectivity index (χ0) is 11.3. The number of hydrogen-bond donors (Lipinski definition) is 0. The number of alkyl halides is 3. The number of anilines is 1. The van der Waals surface area contributed by atoms with Crippen LogP contribution in [-0.2, 0) is 0 Å². The van der Waals surface area contributed by atoms with Crippen molar-refractivity contribution >= 4 is 21.9 Å². The molecule has 1 rings (SSSR count). The molecule has 0 radical (unpaired) electrons. The molecule has 0 N–H and O–H groups in total. The molecule has 0 bridgehead atoms. The fourth-order valence-corrected chi connectivity index (χ4v) is 1.52. The molecule has 0 fully saturated rings. The second-order valence-electron chi connectivity index (χ2n) is 3.09. The predicted octanol–water partition coefficient (Wildman–Crippen LogP) is 2.25. The Morgan fingerprint density at radius 2 is 2.00 bits per heavy atom. The molecule has 0 saturated carbocycles. The minimum atomic E-state index is -2.38. The Balaban J connectivity index is 2.74. The summed E-state index contributed by atoms with van der Waals surface area (Å²) in [6.45, 7) is 1.98. The van der Waals surface area contributed by atoms with Crippen LogP contribution in [-0.4, -0.2) is 34.8 Å². The second-order valence-corrected chi connectivity index (χ2v) is 3.88. The first-order chi connectivity index (χ1) is 7.13. The monoisotopic (exact) mass is 279 g/mol. The molecule has 0 saturated heterocycles. The molecule has 0 unspecified atom stereocenters. The molecule has 0 aliphatic heterocycles. The van der Waals surface area contributed by atoms with Gasteiger partial charge in [0.1, 0.15) is 0 Å². The number of nitrogens with zero attached hydrogens (tertiary/aromatic N) is 3. The number of rotatable bonds is 5. The highest BCUT2D eigenvalue weighted by Gasteiger charge is 2.14. The molecule has 0 atom stereocenters. The minimum Gasteiger partial charge on any atom is -0.334 e. The summed E-state index contributed by atoms with van der Waals surface area (Å²) in [5.41, 5.74) is 0.912. The van der Waals surface area contributed by atoms with Crippen LogP contribution in [0.1, 0.15) is 5.56 Å². The van der Waals surface area contributed by atoms with Gasteiger partial charge in [0.15, 0.2) is 0 Å². The van der Waals surface area contributed by atoms with Crippen LogP contribution in [0.4, 0.5) is 14.7 Å². The van der Waals surface area contributed by atoms with E-state index in [1.165, 1.54) is 4.90 Å². The maximum atomic E-state index is 12.3. The number of halogens is 3. The first kappa shape index (κ1) is 12.3. The van der Waals surface area contributed by atoms with Gasteiger partial charge in [-0.25, -0.2) is 18.7 Å². The van der Waals surface area contributed by atoms with Gasteiger partial charge in [-0.1, -0.05) is 15.9 Å². The summed E-state index contributed by atoms with van der Waals surface area (Å²) in [7, 11) is 0. The van der Waals surface area contributed by atoms with Gasteiger partial charge in [-0.3, -0.25) is 0 Å². The third kappa shape index (κ3) is 4.07. The summed E-state index contributed by atoms with van der Waals surface area (Å²) in [4.78, 5) is 9.48. The molecule has 3 nitrogen and oxygen atoms in total. The molecule has 0 aliphatic rings. The Hall–Kier alpha value is -0.780. The van der Waals surface area contributed by atoms with E-state index in [4.69, 9.17) is 0 Å². The Kier molecular flexibility index (Phi) is 4.87.